The van der Waals surface area contributed by atoms with E-state index in [9.17, 15) is 10.1 Å². The Hall–Kier alpha value is -5.80. The van der Waals surface area contributed by atoms with E-state index in [1.807, 2.05) is 80.0 Å². The van der Waals surface area contributed by atoms with Crippen molar-refractivity contribution in [1.29, 1.82) is 5.26 Å². The number of hydrogen-bond acceptors (Lipinski definition) is 9. The fourth-order valence-electron chi connectivity index (χ4n) is 6.15. The van der Waals surface area contributed by atoms with E-state index in [0.29, 0.717) is 48.6 Å². The highest BCUT2D eigenvalue weighted by atomic mass is 16.5. The number of aromatic nitrogens is 5. The van der Waals surface area contributed by atoms with Gasteiger partial charge in [-0.15, -0.1) is 0 Å². The van der Waals surface area contributed by atoms with Crippen LogP contribution >= 0.6 is 0 Å². The van der Waals surface area contributed by atoms with Crippen LogP contribution in [0.25, 0.3) is 11.1 Å². The van der Waals surface area contributed by atoms with E-state index in [1.54, 1.807) is 28.2 Å². The second-order valence-electron chi connectivity index (χ2n) is 11.7. The van der Waals surface area contributed by atoms with Gasteiger partial charge in [-0.2, -0.15) is 15.3 Å². The van der Waals surface area contributed by atoms with E-state index >= 15 is 0 Å². The highest BCUT2D eigenvalue weighted by Gasteiger charge is 2.47. The first kappa shape index (κ1) is 29.9. The highest BCUT2D eigenvalue weighted by Crippen LogP contribution is 2.43. The lowest BCUT2D eigenvalue weighted by atomic mass is 9.78. The van der Waals surface area contributed by atoms with Crippen molar-refractivity contribution >= 4 is 35.0 Å². The van der Waals surface area contributed by atoms with Crippen molar-refractivity contribution < 1.29 is 9.53 Å². The lowest BCUT2D eigenvalue weighted by Gasteiger charge is -2.55. The summed E-state index contributed by atoms with van der Waals surface area (Å²) in [5.74, 6) is 1.52. The number of amides is 2. The van der Waals surface area contributed by atoms with Gasteiger partial charge in [0.2, 0.25) is 5.95 Å². The summed E-state index contributed by atoms with van der Waals surface area (Å²) in [6, 6.07) is 22.9. The van der Waals surface area contributed by atoms with Crippen LogP contribution in [0.1, 0.15) is 30.4 Å². The van der Waals surface area contributed by atoms with Gasteiger partial charge in [-0.3, -0.25) is 4.68 Å². The van der Waals surface area contributed by atoms with E-state index in [2.05, 4.69) is 36.7 Å². The number of pyridine rings is 1. The summed E-state index contributed by atoms with van der Waals surface area (Å²) in [6.45, 7) is 2.64. The van der Waals surface area contributed by atoms with Gasteiger partial charge in [-0.25, -0.2) is 19.7 Å². The second-order valence-corrected chi connectivity index (χ2v) is 11.7. The molecule has 3 aromatic heterocycles. The highest BCUT2D eigenvalue weighted by molar-refractivity contribution is 5.98. The number of benzene rings is 2. The molecule has 1 spiro atoms. The molecule has 2 aliphatic heterocycles. The molecule has 47 heavy (non-hydrogen) atoms. The fraction of sp³-hybridized carbons (Fsp3) is 0.257. The Kier molecular flexibility index (Phi) is 8.20. The molecule has 7 rings (SSSR count). The van der Waals surface area contributed by atoms with Crippen molar-refractivity contribution in [2.24, 2.45) is 7.05 Å². The largest absolute Gasteiger partial charge is 0.381 e. The Balaban J connectivity index is 1.12. The molecule has 2 amide bonds. The van der Waals surface area contributed by atoms with Crippen LogP contribution in [0, 0.1) is 11.3 Å². The first-order valence-corrected chi connectivity index (χ1v) is 15.6. The van der Waals surface area contributed by atoms with Crippen molar-refractivity contribution in [3.05, 3.63) is 103 Å². The van der Waals surface area contributed by atoms with Crippen LogP contribution in [0.5, 0.6) is 0 Å². The minimum atomic E-state index is -0.312. The van der Waals surface area contributed by atoms with Crippen LogP contribution in [0.2, 0.25) is 0 Å². The van der Waals surface area contributed by atoms with Crippen LogP contribution in [-0.2, 0) is 18.3 Å². The molecule has 2 N–H and O–H groups in total. The van der Waals surface area contributed by atoms with E-state index in [-0.39, 0.29) is 11.6 Å². The number of anilines is 5. The number of hydrogen-bond donors (Lipinski definition) is 2. The molecule has 5 heterocycles. The molecule has 0 radical (unpaired) electrons. The van der Waals surface area contributed by atoms with Crippen LogP contribution in [0.3, 0.4) is 0 Å². The van der Waals surface area contributed by atoms with E-state index < -0.39 is 0 Å². The lowest BCUT2D eigenvalue weighted by molar-refractivity contribution is 0.0284. The SMILES string of the molecule is Cn1cc(-c2ccc(N(C(=O)NCc3ccccc3)c3ccc(Nc4ncc(C#N)c(N5CCC56CCOCC6)n4)cc3)nc2)cn1. The Morgan fingerprint density at radius 3 is 2.45 bits per heavy atom. The zero-order valence-electron chi connectivity index (χ0n) is 26.0. The lowest BCUT2D eigenvalue weighted by Crippen LogP contribution is -2.63. The molecular formula is C35H34N10O2. The zero-order valence-corrected chi connectivity index (χ0v) is 26.0. The number of carbonyl (C=O) groups excluding carboxylic acids is 1. The monoisotopic (exact) mass is 626 g/mol. The van der Waals surface area contributed by atoms with Gasteiger partial charge in [0, 0.05) is 68.1 Å². The molecule has 12 heteroatoms. The summed E-state index contributed by atoms with van der Waals surface area (Å²) in [6.07, 6.45) is 9.91. The number of aryl methyl sites for hydroxylation is 1. The predicted molar refractivity (Wildman–Crippen MR) is 178 cm³/mol. The molecule has 0 bridgehead atoms. The van der Waals surface area contributed by atoms with Crippen molar-refractivity contribution in [1.82, 2.24) is 30.0 Å². The number of rotatable bonds is 8. The van der Waals surface area contributed by atoms with Gasteiger partial charge in [0.1, 0.15) is 17.5 Å². The maximum Gasteiger partial charge on any atom is 0.327 e. The van der Waals surface area contributed by atoms with Crippen LogP contribution < -0.4 is 20.4 Å². The van der Waals surface area contributed by atoms with E-state index in [0.717, 1.165) is 48.2 Å². The second kappa shape index (κ2) is 12.9. The minimum absolute atomic E-state index is 0.00805. The quantitative estimate of drug-likeness (QED) is 0.222. The third-order valence-electron chi connectivity index (χ3n) is 8.83. The summed E-state index contributed by atoms with van der Waals surface area (Å²) in [5, 5.41) is 20.3. The molecule has 5 aromatic rings. The van der Waals surface area contributed by atoms with Crippen molar-refractivity contribution in [2.75, 3.05) is 34.9 Å². The summed E-state index contributed by atoms with van der Waals surface area (Å²) in [4.78, 5) is 31.3. The molecule has 2 aliphatic rings. The molecule has 0 atom stereocenters. The third-order valence-corrected chi connectivity index (χ3v) is 8.83. The molecule has 236 valence electrons. The molecule has 0 aliphatic carbocycles. The Morgan fingerprint density at radius 2 is 1.79 bits per heavy atom. The zero-order chi connectivity index (χ0) is 32.2. The van der Waals surface area contributed by atoms with Gasteiger partial charge in [0.25, 0.3) is 0 Å². The molecular weight excluding hydrogens is 592 g/mol. The van der Waals surface area contributed by atoms with Crippen molar-refractivity contribution in [3.8, 4) is 17.2 Å². The Bertz CT molecular complexity index is 1900. The summed E-state index contributed by atoms with van der Waals surface area (Å²) in [7, 11) is 1.86. The number of nitrogens with zero attached hydrogens (tertiary/aromatic N) is 8. The van der Waals surface area contributed by atoms with Gasteiger partial charge in [0.15, 0.2) is 5.82 Å². The molecule has 2 fully saturated rings. The fourth-order valence-corrected chi connectivity index (χ4v) is 6.15. The maximum absolute atomic E-state index is 13.7. The van der Waals surface area contributed by atoms with Crippen LogP contribution in [0.15, 0.2) is 91.5 Å². The Labute approximate surface area is 272 Å². The Morgan fingerprint density at radius 1 is 0.979 bits per heavy atom. The van der Waals surface area contributed by atoms with E-state index in [4.69, 9.17) is 9.72 Å². The molecule has 0 unspecified atom stereocenters. The smallest absolute Gasteiger partial charge is 0.327 e. The normalized spacial score (nSPS) is 15.0. The number of ether oxygens (including phenoxy) is 1. The standard InChI is InChI=1S/C35H34N10O2/c1-43-24-28(23-40-43)26-7-12-31(37-21-26)45(34(46)39-20-25-5-3-2-4-6-25)30-10-8-29(9-11-30)41-33-38-22-27(19-36)32(42-33)44-16-13-35(44)14-17-47-18-15-35/h2-12,21-24H,13-18,20H2,1H3,(H,39,46)(H,38,41,42). The molecule has 0 saturated carbocycles. The maximum atomic E-state index is 13.7. The van der Waals surface area contributed by atoms with Gasteiger partial charge in [-0.1, -0.05) is 30.3 Å². The molecule has 2 saturated heterocycles. The molecule has 12 nitrogen and oxygen atoms in total. The summed E-state index contributed by atoms with van der Waals surface area (Å²) < 4.78 is 7.34. The first-order chi connectivity index (χ1) is 23.0. The van der Waals surface area contributed by atoms with Crippen molar-refractivity contribution in [3.63, 3.8) is 0 Å². The summed E-state index contributed by atoms with van der Waals surface area (Å²) >= 11 is 0. The van der Waals surface area contributed by atoms with Gasteiger partial charge in [-0.05, 0) is 61.2 Å². The van der Waals surface area contributed by atoms with Crippen LogP contribution in [0.4, 0.5) is 33.8 Å². The first-order valence-electron chi connectivity index (χ1n) is 15.6. The molecule has 2 aromatic carbocycles. The summed E-state index contributed by atoms with van der Waals surface area (Å²) in [5.41, 5.74) is 4.63. The van der Waals surface area contributed by atoms with Gasteiger partial charge in [0.05, 0.1) is 18.1 Å². The predicted octanol–water partition coefficient (Wildman–Crippen LogP) is 5.69. The number of carbonyl (C=O) groups is 1. The average molecular weight is 627 g/mol. The minimum Gasteiger partial charge on any atom is -0.381 e. The number of urea groups is 1. The third kappa shape index (κ3) is 6.21. The topological polar surface area (TPSA) is 137 Å². The van der Waals surface area contributed by atoms with Gasteiger partial charge >= 0.3 is 6.03 Å². The van der Waals surface area contributed by atoms with E-state index in [1.165, 1.54) is 0 Å². The van der Waals surface area contributed by atoms with Gasteiger partial charge < -0.3 is 20.3 Å². The van der Waals surface area contributed by atoms with Crippen molar-refractivity contribution in [2.45, 2.75) is 31.3 Å². The average Bonchev–Trinajstić information content (AvgIpc) is 3.55. The number of nitriles is 1. The number of nitrogens with one attached hydrogen (secondary N) is 2. The van der Waals surface area contributed by atoms with Crippen LogP contribution in [-0.4, -0.2) is 56.1 Å².